The third-order valence-electron chi connectivity index (χ3n) is 4.05. The summed E-state index contributed by atoms with van der Waals surface area (Å²) < 4.78 is 16.1. The molecular formula is C21H20O4. The van der Waals surface area contributed by atoms with Crippen LogP contribution in [0.15, 0.2) is 65.3 Å². The largest absolute Gasteiger partial charge is 0.497 e. The number of benzene rings is 2. The minimum atomic E-state index is -0.444. The number of carbonyl (C=O) groups is 1. The highest BCUT2D eigenvalue weighted by Gasteiger charge is 2.21. The Balaban J connectivity index is 1.80. The van der Waals surface area contributed by atoms with Crippen LogP contribution in [0.5, 0.6) is 5.75 Å². The van der Waals surface area contributed by atoms with Gasteiger partial charge in [-0.2, -0.15) is 0 Å². The lowest BCUT2D eigenvalue weighted by Gasteiger charge is -2.06. The van der Waals surface area contributed by atoms with Gasteiger partial charge in [-0.05, 0) is 29.7 Å². The molecule has 0 atom stereocenters. The predicted octanol–water partition coefficient (Wildman–Crippen LogP) is 4.87. The third kappa shape index (κ3) is 3.74. The van der Waals surface area contributed by atoms with Gasteiger partial charge < -0.3 is 13.9 Å². The Morgan fingerprint density at radius 1 is 1.04 bits per heavy atom. The topological polar surface area (TPSA) is 48.7 Å². The summed E-state index contributed by atoms with van der Waals surface area (Å²) in [7, 11) is 1.63. The second kappa shape index (κ2) is 7.71. The normalized spacial score (nSPS) is 10.5. The standard InChI is InChI=1S/C21H20O4/c1-3-18-19(16-9-11-17(23-2)12-10-16)14-24-20(18)21(22)25-13-15-7-5-4-6-8-15/h4-12,14H,3,13H2,1-2H3. The fraction of sp³-hybridized carbons (Fsp3) is 0.190. The first-order chi connectivity index (χ1) is 12.2. The summed E-state index contributed by atoms with van der Waals surface area (Å²) in [5.41, 5.74) is 3.67. The van der Waals surface area contributed by atoms with Crippen molar-refractivity contribution in [3.05, 3.63) is 77.7 Å². The van der Waals surface area contributed by atoms with Crippen molar-refractivity contribution in [2.75, 3.05) is 7.11 Å². The molecular weight excluding hydrogens is 316 g/mol. The molecule has 0 N–H and O–H groups in total. The number of esters is 1. The fourth-order valence-corrected chi connectivity index (χ4v) is 2.71. The molecule has 25 heavy (non-hydrogen) atoms. The van der Waals surface area contributed by atoms with E-state index in [0.29, 0.717) is 6.42 Å². The van der Waals surface area contributed by atoms with Gasteiger partial charge in [0.25, 0.3) is 0 Å². The molecule has 0 aliphatic heterocycles. The zero-order valence-corrected chi connectivity index (χ0v) is 14.3. The lowest BCUT2D eigenvalue weighted by molar-refractivity contribution is 0.0434. The minimum absolute atomic E-state index is 0.224. The van der Waals surface area contributed by atoms with Crippen LogP contribution in [-0.4, -0.2) is 13.1 Å². The molecule has 0 bridgehead atoms. The minimum Gasteiger partial charge on any atom is -0.497 e. The number of hydrogen-bond donors (Lipinski definition) is 0. The van der Waals surface area contributed by atoms with Crippen LogP contribution in [0.1, 0.15) is 28.6 Å². The van der Waals surface area contributed by atoms with E-state index in [-0.39, 0.29) is 12.4 Å². The Kier molecular flexibility index (Phi) is 5.19. The predicted molar refractivity (Wildman–Crippen MR) is 95.6 cm³/mol. The molecule has 1 heterocycles. The van der Waals surface area contributed by atoms with Gasteiger partial charge in [-0.25, -0.2) is 4.79 Å². The third-order valence-corrected chi connectivity index (χ3v) is 4.05. The van der Waals surface area contributed by atoms with Crippen LogP contribution in [0.4, 0.5) is 0 Å². The molecule has 4 heteroatoms. The Morgan fingerprint density at radius 2 is 1.76 bits per heavy atom. The summed E-state index contributed by atoms with van der Waals surface area (Å²) in [5, 5.41) is 0. The number of ether oxygens (including phenoxy) is 2. The fourth-order valence-electron chi connectivity index (χ4n) is 2.71. The second-order valence-electron chi connectivity index (χ2n) is 5.60. The van der Waals surface area contributed by atoms with E-state index in [1.807, 2.05) is 61.5 Å². The smallest absolute Gasteiger partial charge is 0.374 e. The van der Waals surface area contributed by atoms with Gasteiger partial charge in [-0.3, -0.25) is 0 Å². The molecule has 128 valence electrons. The Hall–Kier alpha value is -3.01. The van der Waals surface area contributed by atoms with E-state index >= 15 is 0 Å². The van der Waals surface area contributed by atoms with Crippen molar-refractivity contribution >= 4 is 5.97 Å². The maximum atomic E-state index is 12.4. The van der Waals surface area contributed by atoms with E-state index in [2.05, 4.69) is 0 Å². The molecule has 0 saturated heterocycles. The van der Waals surface area contributed by atoms with E-state index in [4.69, 9.17) is 13.9 Å². The van der Waals surface area contributed by atoms with Crippen LogP contribution in [0.2, 0.25) is 0 Å². The Bertz CT molecular complexity index is 832. The van der Waals surface area contributed by atoms with Crippen molar-refractivity contribution in [2.24, 2.45) is 0 Å². The lowest BCUT2D eigenvalue weighted by atomic mass is 10.0. The molecule has 0 saturated carbocycles. The van der Waals surface area contributed by atoms with E-state index in [1.165, 1.54) is 0 Å². The molecule has 0 amide bonds. The lowest BCUT2D eigenvalue weighted by Crippen LogP contribution is -2.06. The van der Waals surface area contributed by atoms with E-state index < -0.39 is 5.97 Å². The van der Waals surface area contributed by atoms with Crippen molar-refractivity contribution in [3.8, 4) is 16.9 Å². The van der Waals surface area contributed by atoms with Crippen molar-refractivity contribution in [1.82, 2.24) is 0 Å². The second-order valence-corrected chi connectivity index (χ2v) is 5.60. The maximum absolute atomic E-state index is 12.4. The van der Waals surface area contributed by atoms with Crippen LogP contribution in [-0.2, 0) is 17.8 Å². The van der Waals surface area contributed by atoms with Crippen LogP contribution in [0, 0.1) is 0 Å². The quantitative estimate of drug-likeness (QED) is 0.602. The molecule has 0 unspecified atom stereocenters. The first kappa shape index (κ1) is 16.8. The van der Waals surface area contributed by atoms with Gasteiger partial charge in [0.1, 0.15) is 12.4 Å². The van der Waals surface area contributed by atoms with E-state index in [1.54, 1.807) is 13.4 Å². The van der Waals surface area contributed by atoms with Gasteiger partial charge in [0, 0.05) is 11.1 Å². The maximum Gasteiger partial charge on any atom is 0.374 e. The van der Waals surface area contributed by atoms with Crippen molar-refractivity contribution < 1.29 is 18.7 Å². The van der Waals surface area contributed by atoms with Crippen LogP contribution in [0.25, 0.3) is 11.1 Å². The zero-order valence-electron chi connectivity index (χ0n) is 14.3. The summed E-state index contributed by atoms with van der Waals surface area (Å²) in [6.07, 6.45) is 2.29. The summed E-state index contributed by atoms with van der Waals surface area (Å²) in [4.78, 5) is 12.4. The van der Waals surface area contributed by atoms with Crippen molar-refractivity contribution in [2.45, 2.75) is 20.0 Å². The SMILES string of the molecule is CCc1c(-c2ccc(OC)cc2)coc1C(=O)OCc1ccccc1. The molecule has 0 aliphatic rings. The van der Waals surface area contributed by atoms with Crippen LogP contribution >= 0.6 is 0 Å². The summed E-state index contributed by atoms with van der Waals surface area (Å²) in [6.45, 7) is 2.22. The number of hydrogen-bond acceptors (Lipinski definition) is 4. The monoisotopic (exact) mass is 336 g/mol. The molecule has 0 aliphatic carbocycles. The number of methoxy groups -OCH3 is 1. The highest BCUT2D eigenvalue weighted by molar-refractivity contribution is 5.91. The van der Waals surface area contributed by atoms with Gasteiger partial charge >= 0.3 is 5.97 Å². The molecule has 2 aromatic carbocycles. The average molecular weight is 336 g/mol. The van der Waals surface area contributed by atoms with Crippen molar-refractivity contribution in [1.29, 1.82) is 0 Å². The number of furan rings is 1. The zero-order chi connectivity index (χ0) is 17.6. The first-order valence-electron chi connectivity index (χ1n) is 8.18. The molecule has 4 nitrogen and oxygen atoms in total. The van der Waals surface area contributed by atoms with Gasteiger partial charge in [0.15, 0.2) is 0 Å². The summed E-state index contributed by atoms with van der Waals surface area (Å²) in [5.74, 6) is 0.609. The van der Waals surface area contributed by atoms with Gasteiger partial charge in [-0.1, -0.05) is 49.4 Å². The molecule has 1 aromatic heterocycles. The first-order valence-corrected chi connectivity index (χ1v) is 8.18. The van der Waals surface area contributed by atoms with E-state index in [9.17, 15) is 4.79 Å². The Labute approximate surface area is 147 Å². The highest BCUT2D eigenvalue weighted by atomic mass is 16.5. The van der Waals surface area contributed by atoms with Crippen molar-refractivity contribution in [3.63, 3.8) is 0 Å². The number of rotatable bonds is 6. The van der Waals surface area contributed by atoms with Crippen LogP contribution in [0.3, 0.4) is 0 Å². The molecule has 0 spiro atoms. The van der Waals surface area contributed by atoms with E-state index in [0.717, 1.165) is 28.0 Å². The molecule has 3 rings (SSSR count). The summed E-state index contributed by atoms with van der Waals surface area (Å²) >= 11 is 0. The number of carbonyl (C=O) groups excluding carboxylic acids is 1. The average Bonchev–Trinajstić information content (AvgIpc) is 3.11. The van der Waals surface area contributed by atoms with Gasteiger partial charge in [-0.15, -0.1) is 0 Å². The van der Waals surface area contributed by atoms with Gasteiger partial charge in [0.05, 0.1) is 13.4 Å². The van der Waals surface area contributed by atoms with Gasteiger partial charge in [0.2, 0.25) is 5.76 Å². The summed E-state index contributed by atoms with van der Waals surface area (Å²) in [6, 6.07) is 17.2. The Morgan fingerprint density at radius 3 is 2.40 bits per heavy atom. The molecule has 0 fully saturated rings. The van der Waals surface area contributed by atoms with Crippen LogP contribution < -0.4 is 4.74 Å². The molecule has 0 radical (unpaired) electrons. The molecule has 3 aromatic rings. The highest BCUT2D eigenvalue weighted by Crippen LogP contribution is 2.30.